The lowest BCUT2D eigenvalue weighted by Crippen LogP contribution is -2.47. The monoisotopic (exact) mass is 497 g/mol. The Bertz CT molecular complexity index is 1130. The topological polar surface area (TPSA) is 92.8 Å². The highest BCUT2D eigenvalue weighted by molar-refractivity contribution is 7.99. The van der Waals surface area contributed by atoms with Gasteiger partial charge < -0.3 is 10.1 Å². The highest BCUT2D eigenvalue weighted by Crippen LogP contribution is 2.52. The summed E-state index contributed by atoms with van der Waals surface area (Å²) in [5, 5.41) is 21.9. The van der Waals surface area contributed by atoms with Crippen LogP contribution < -0.4 is 10.1 Å². The zero-order valence-electron chi connectivity index (χ0n) is 20.2. The van der Waals surface area contributed by atoms with E-state index in [1.807, 2.05) is 0 Å². The van der Waals surface area contributed by atoms with E-state index in [1.165, 1.54) is 43.5 Å². The summed E-state index contributed by atoms with van der Waals surface area (Å²) in [6, 6.07) is 8.75. The zero-order chi connectivity index (χ0) is 24.6. The number of hydrogen-bond donors (Lipinski definition) is 1. The fourth-order valence-corrected chi connectivity index (χ4v) is 6.87. The summed E-state index contributed by atoms with van der Waals surface area (Å²) in [6.07, 6.45) is 7.01. The first-order valence-electron chi connectivity index (χ1n) is 12.5. The van der Waals surface area contributed by atoms with Crippen LogP contribution in [0.3, 0.4) is 0 Å². The first-order chi connectivity index (χ1) is 16.9. The number of nitrogens with zero attached hydrogens (tertiary/aromatic N) is 4. The number of hydrogen-bond acceptors (Lipinski definition) is 6. The SMILES string of the molecule is CC(C1CC2CCC1C2)n1c(COc2ccccc2F)nnc1SCC(=O)NC(C)(C#N)C1CC1. The third-order valence-electron chi connectivity index (χ3n) is 8.11. The molecule has 2 aromatic rings. The number of amides is 1. The normalized spacial score (nSPS) is 25.6. The van der Waals surface area contributed by atoms with Crippen LogP contribution in [0.4, 0.5) is 4.39 Å². The predicted molar refractivity (Wildman–Crippen MR) is 130 cm³/mol. The predicted octanol–water partition coefficient (Wildman–Crippen LogP) is 4.89. The summed E-state index contributed by atoms with van der Waals surface area (Å²) in [6.45, 7) is 4.09. The standard InChI is InChI=1S/C26H32FN5O2S/c1-16(20-12-17-7-8-18(20)11-17)32-23(13-34-22-6-4-3-5-21(22)27)30-31-25(32)35-14-24(33)29-26(2,15-28)19-9-10-19/h3-6,16-20H,7-14H2,1-2H3,(H,29,33). The number of aromatic nitrogens is 3. The van der Waals surface area contributed by atoms with E-state index in [0.717, 1.165) is 18.8 Å². The largest absolute Gasteiger partial charge is 0.483 e. The van der Waals surface area contributed by atoms with Crippen molar-refractivity contribution in [2.24, 2.45) is 23.7 Å². The fourth-order valence-electron chi connectivity index (χ4n) is 6.03. The van der Waals surface area contributed by atoms with Crippen molar-refractivity contribution in [1.29, 1.82) is 5.26 Å². The van der Waals surface area contributed by atoms with Gasteiger partial charge in [0, 0.05) is 6.04 Å². The van der Waals surface area contributed by atoms with Crippen LogP contribution in [0.25, 0.3) is 0 Å². The van der Waals surface area contributed by atoms with Crippen molar-refractivity contribution < 1.29 is 13.9 Å². The Morgan fingerprint density at radius 1 is 1.31 bits per heavy atom. The van der Waals surface area contributed by atoms with E-state index >= 15 is 0 Å². The van der Waals surface area contributed by atoms with Gasteiger partial charge in [-0.15, -0.1) is 10.2 Å². The molecule has 0 spiro atoms. The molecule has 5 unspecified atom stereocenters. The van der Waals surface area contributed by atoms with E-state index in [4.69, 9.17) is 4.74 Å². The number of para-hydroxylation sites is 1. The van der Waals surface area contributed by atoms with Gasteiger partial charge in [-0.1, -0.05) is 30.3 Å². The van der Waals surface area contributed by atoms with Crippen LogP contribution in [0.15, 0.2) is 29.4 Å². The number of ether oxygens (including phenoxy) is 1. The summed E-state index contributed by atoms with van der Waals surface area (Å²) in [5.74, 6) is 2.63. The highest BCUT2D eigenvalue weighted by atomic mass is 32.2. The number of halogens is 1. The Balaban J connectivity index is 1.32. The van der Waals surface area contributed by atoms with Gasteiger partial charge in [-0.2, -0.15) is 5.26 Å². The second-order valence-corrected chi connectivity index (χ2v) is 11.4. The van der Waals surface area contributed by atoms with E-state index in [0.29, 0.717) is 22.8 Å². The van der Waals surface area contributed by atoms with Gasteiger partial charge >= 0.3 is 0 Å². The maximum Gasteiger partial charge on any atom is 0.231 e. The molecule has 186 valence electrons. The maximum absolute atomic E-state index is 14.1. The highest BCUT2D eigenvalue weighted by Gasteiger charge is 2.44. The van der Waals surface area contributed by atoms with Crippen molar-refractivity contribution in [3.8, 4) is 11.8 Å². The number of thioether (sulfide) groups is 1. The molecule has 0 saturated heterocycles. The Morgan fingerprint density at radius 2 is 2.11 bits per heavy atom. The summed E-state index contributed by atoms with van der Waals surface area (Å²) in [7, 11) is 0. The molecule has 2 bridgehead atoms. The smallest absolute Gasteiger partial charge is 0.231 e. The molecule has 35 heavy (non-hydrogen) atoms. The minimum absolute atomic E-state index is 0.0973. The summed E-state index contributed by atoms with van der Waals surface area (Å²) in [5.41, 5.74) is -0.819. The number of carbonyl (C=O) groups is 1. The molecule has 0 radical (unpaired) electrons. The lowest BCUT2D eigenvalue weighted by Gasteiger charge is -2.30. The molecule has 1 aromatic heterocycles. The first-order valence-corrected chi connectivity index (χ1v) is 13.5. The molecule has 5 rings (SSSR count). The van der Waals surface area contributed by atoms with Gasteiger partial charge in [-0.25, -0.2) is 4.39 Å². The van der Waals surface area contributed by atoms with E-state index < -0.39 is 11.4 Å². The van der Waals surface area contributed by atoms with Crippen LogP contribution in [-0.4, -0.2) is 32.0 Å². The van der Waals surface area contributed by atoms with Crippen molar-refractivity contribution in [2.75, 3.05) is 5.75 Å². The fraction of sp³-hybridized carbons (Fsp3) is 0.615. The molecule has 3 saturated carbocycles. The van der Waals surface area contributed by atoms with Crippen molar-refractivity contribution in [3.05, 3.63) is 35.9 Å². The van der Waals surface area contributed by atoms with Crippen LogP contribution >= 0.6 is 11.8 Å². The average molecular weight is 498 g/mol. The second-order valence-electron chi connectivity index (χ2n) is 10.5. The average Bonchev–Trinajstić information content (AvgIpc) is 3.32. The lowest BCUT2D eigenvalue weighted by atomic mass is 9.84. The maximum atomic E-state index is 14.1. The lowest BCUT2D eigenvalue weighted by molar-refractivity contribution is -0.119. The molecule has 3 aliphatic carbocycles. The molecular weight excluding hydrogens is 465 g/mol. The van der Waals surface area contributed by atoms with Gasteiger partial charge in [0.05, 0.1) is 11.8 Å². The van der Waals surface area contributed by atoms with Gasteiger partial charge in [0.15, 0.2) is 22.5 Å². The number of nitrogens with one attached hydrogen (secondary N) is 1. The molecule has 9 heteroatoms. The summed E-state index contributed by atoms with van der Waals surface area (Å²) < 4.78 is 22.0. The Hall–Kier alpha value is -2.60. The van der Waals surface area contributed by atoms with Gasteiger partial charge in [0.2, 0.25) is 5.91 Å². The minimum Gasteiger partial charge on any atom is -0.483 e. The number of fused-ring (bicyclic) bond motifs is 2. The molecule has 7 nitrogen and oxygen atoms in total. The third kappa shape index (κ3) is 5.04. The molecule has 1 heterocycles. The van der Waals surface area contributed by atoms with Crippen molar-refractivity contribution in [2.45, 2.75) is 75.7 Å². The van der Waals surface area contributed by atoms with Gasteiger partial charge in [-0.3, -0.25) is 9.36 Å². The van der Waals surface area contributed by atoms with Crippen LogP contribution in [0.5, 0.6) is 5.75 Å². The van der Waals surface area contributed by atoms with Crippen molar-refractivity contribution in [3.63, 3.8) is 0 Å². The summed E-state index contributed by atoms with van der Waals surface area (Å²) >= 11 is 1.33. The van der Waals surface area contributed by atoms with Crippen LogP contribution in [0, 0.1) is 40.8 Å². The first kappa shape index (κ1) is 24.1. The quantitative estimate of drug-likeness (QED) is 0.470. The number of benzene rings is 1. The van der Waals surface area contributed by atoms with E-state index in [1.54, 1.807) is 25.1 Å². The Labute approximate surface area is 209 Å². The van der Waals surface area contributed by atoms with E-state index in [-0.39, 0.29) is 36.0 Å². The minimum atomic E-state index is -0.819. The molecular formula is C26H32FN5O2S. The third-order valence-corrected chi connectivity index (χ3v) is 9.05. The van der Waals surface area contributed by atoms with Crippen LogP contribution in [0.2, 0.25) is 0 Å². The molecule has 1 aromatic carbocycles. The van der Waals surface area contributed by atoms with Crippen molar-refractivity contribution >= 4 is 17.7 Å². The molecule has 5 atom stereocenters. The van der Waals surface area contributed by atoms with E-state index in [2.05, 4.69) is 33.1 Å². The van der Waals surface area contributed by atoms with Crippen LogP contribution in [-0.2, 0) is 11.4 Å². The number of rotatable bonds is 10. The Morgan fingerprint density at radius 3 is 2.77 bits per heavy atom. The molecule has 0 aliphatic heterocycles. The van der Waals surface area contributed by atoms with Gasteiger partial charge in [0.25, 0.3) is 0 Å². The van der Waals surface area contributed by atoms with Crippen molar-refractivity contribution in [1.82, 2.24) is 20.1 Å². The summed E-state index contributed by atoms with van der Waals surface area (Å²) in [4.78, 5) is 12.7. The van der Waals surface area contributed by atoms with E-state index in [9.17, 15) is 14.4 Å². The second kappa shape index (κ2) is 9.81. The molecule has 1 N–H and O–H groups in total. The zero-order valence-corrected chi connectivity index (χ0v) is 21.1. The molecule has 3 fully saturated rings. The van der Waals surface area contributed by atoms with Crippen LogP contribution in [0.1, 0.15) is 64.2 Å². The number of nitriles is 1. The molecule has 1 amide bonds. The number of carbonyl (C=O) groups excluding carboxylic acids is 1. The molecule has 3 aliphatic rings. The van der Waals surface area contributed by atoms with Gasteiger partial charge in [-0.05, 0) is 81.8 Å². The Kier molecular flexibility index (Phi) is 6.75. The van der Waals surface area contributed by atoms with Gasteiger partial charge in [0.1, 0.15) is 12.1 Å².